The van der Waals surface area contributed by atoms with Gasteiger partial charge in [0, 0.05) is 35.1 Å². The highest BCUT2D eigenvalue weighted by Crippen LogP contribution is 2.30. The second kappa shape index (κ2) is 9.99. The predicted molar refractivity (Wildman–Crippen MR) is 152 cm³/mol. The Morgan fingerprint density at radius 3 is 2.66 bits per heavy atom. The van der Waals surface area contributed by atoms with Gasteiger partial charge in [0.1, 0.15) is 11.4 Å². The first-order chi connectivity index (χ1) is 18.6. The number of ether oxygens (including phenoxy) is 1. The van der Waals surface area contributed by atoms with E-state index in [1.807, 2.05) is 24.3 Å². The molecule has 7 nitrogen and oxygen atoms in total. The molecule has 2 heterocycles. The molecule has 0 aliphatic rings. The molecule has 0 saturated carbocycles. The van der Waals surface area contributed by atoms with Gasteiger partial charge in [-0.2, -0.15) is 0 Å². The van der Waals surface area contributed by atoms with Crippen molar-refractivity contribution in [2.75, 3.05) is 7.11 Å². The number of aryl methyl sites for hydroxylation is 1. The third kappa shape index (κ3) is 4.46. The molecule has 6 aromatic rings. The van der Waals surface area contributed by atoms with Gasteiger partial charge in [-0.1, -0.05) is 48.5 Å². The van der Waals surface area contributed by atoms with Crippen LogP contribution in [-0.4, -0.2) is 21.6 Å². The van der Waals surface area contributed by atoms with Crippen LogP contribution in [-0.2, 0) is 13.0 Å². The Morgan fingerprint density at radius 1 is 1.00 bits per heavy atom. The highest BCUT2D eigenvalue weighted by atomic mass is 32.1. The van der Waals surface area contributed by atoms with Gasteiger partial charge in [0.2, 0.25) is 0 Å². The zero-order valence-electron chi connectivity index (χ0n) is 20.6. The van der Waals surface area contributed by atoms with Gasteiger partial charge in [-0.05, 0) is 58.7 Å². The predicted octanol–water partition coefficient (Wildman–Crippen LogP) is 7.24. The number of nitrogens with zero attached hydrogens (tertiary/aromatic N) is 3. The molecule has 8 heteroatoms. The molecule has 4 aromatic carbocycles. The lowest BCUT2D eigenvalue weighted by Crippen LogP contribution is -2.17. The molecule has 6 rings (SSSR count). The average molecular weight is 521 g/mol. The molecular weight excluding hydrogens is 496 g/mol. The maximum absolute atomic E-state index is 11.6. The Bertz CT molecular complexity index is 1860. The number of thiazole rings is 1. The topological polar surface area (TPSA) is 85.4 Å². The van der Waals surface area contributed by atoms with E-state index in [1.165, 1.54) is 28.4 Å². The molecule has 0 saturated heterocycles. The van der Waals surface area contributed by atoms with Crippen LogP contribution in [0.15, 0.2) is 101 Å². The molecule has 38 heavy (non-hydrogen) atoms. The van der Waals surface area contributed by atoms with E-state index < -0.39 is 0 Å². The van der Waals surface area contributed by atoms with Crippen LogP contribution in [0.2, 0.25) is 0 Å². The zero-order chi connectivity index (χ0) is 26.1. The zero-order valence-corrected chi connectivity index (χ0v) is 21.4. The molecule has 0 aliphatic carbocycles. The highest BCUT2D eigenvalue weighted by molar-refractivity contribution is 7.07. The first kappa shape index (κ1) is 23.7. The Hall–Kier alpha value is -4.69. The second-order valence-electron chi connectivity index (χ2n) is 8.95. The molecule has 1 N–H and O–H groups in total. The molecule has 0 fully saturated rings. The Balaban J connectivity index is 1.46. The van der Waals surface area contributed by atoms with Gasteiger partial charge < -0.3 is 14.3 Å². The normalized spacial score (nSPS) is 11.9. The third-order valence-electron chi connectivity index (χ3n) is 6.72. The number of nitro groups is 1. The lowest BCUT2D eigenvalue weighted by molar-refractivity contribution is -0.384. The van der Waals surface area contributed by atoms with E-state index in [4.69, 9.17) is 9.73 Å². The van der Waals surface area contributed by atoms with Gasteiger partial charge in [0.05, 0.1) is 17.7 Å². The summed E-state index contributed by atoms with van der Waals surface area (Å²) < 4.78 is 7.54. The minimum absolute atomic E-state index is 0.00900. The number of methoxy groups -OCH3 is 1. The average Bonchev–Trinajstić information content (AvgIpc) is 3.55. The summed E-state index contributed by atoms with van der Waals surface area (Å²) in [7, 11) is 1.67. The number of nitro benzene ring substituents is 1. The molecule has 0 spiro atoms. The molecule has 0 atom stereocenters. The number of aromatic nitrogens is 2. The van der Waals surface area contributed by atoms with Gasteiger partial charge in [0.25, 0.3) is 5.69 Å². The number of fused-ring (bicyclic) bond motifs is 2. The Kier molecular flexibility index (Phi) is 6.23. The first-order valence-electron chi connectivity index (χ1n) is 12.2. The van der Waals surface area contributed by atoms with E-state index in [0.29, 0.717) is 17.0 Å². The minimum Gasteiger partial charge on any atom is -0.497 e. The van der Waals surface area contributed by atoms with E-state index in [1.54, 1.807) is 25.3 Å². The van der Waals surface area contributed by atoms with E-state index in [9.17, 15) is 10.1 Å². The first-order valence-corrected chi connectivity index (χ1v) is 13.1. The van der Waals surface area contributed by atoms with Crippen molar-refractivity contribution in [2.24, 2.45) is 4.99 Å². The molecule has 0 bridgehead atoms. The van der Waals surface area contributed by atoms with Crippen molar-refractivity contribution in [3.8, 4) is 17.0 Å². The number of hydrogen-bond acceptors (Lipinski definition) is 5. The maximum atomic E-state index is 11.6. The van der Waals surface area contributed by atoms with E-state index in [-0.39, 0.29) is 10.6 Å². The van der Waals surface area contributed by atoms with E-state index >= 15 is 0 Å². The van der Waals surface area contributed by atoms with Crippen LogP contribution in [0.25, 0.3) is 32.9 Å². The number of aromatic amines is 1. The highest BCUT2D eigenvalue weighted by Gasteiger charge is 2.15. The summed E-state index contributed by atoms with van der Waals surface area (Å²) in [6, 6.07) is 27.2. The van der Waals surface area contributed by atoms with Crippen LogP contribution in [0.5, 0.6) is 5.75 Å². The van der Waals surface area contributed by atoms with Crippen LogP contribution in [0, 0.1) is 10.1 Å². The fourth-order valence-electron chi connectivity index (χ4n) is 4.76. The molecule has 188 valence electrons. The summed E-state index contributed by atoms with van der Waals surface area (Å²) in [5.74, 6) is 0.820. The summed E-state index contributed by atoms with van der Waals surface area (Å²) >= 11 is 1.48. The quantitative estimate of drug-likeness (QED) is 0.178. The molecular formula is C30H24N4O3S. The van der Waals surface area contributed by atoms with Crippen molar-refractivity contribution < 1.29 is 9.66 Å². The Labute approximate surface area is 222 Å². The standard InChI is InChI=1S/C30H24N4O3S/c1-37-24-13-12-20-16-22(11-10-21(20)17-24)29-19-38-30(32-27-8-4-5-9-28(27)34(35)36)33(29)15-14-23-18-31-26-7-3-2-6-25(23)26/h2-13,16-19,31H,14-15H2,1H3. The van der Waals surface area contributed by atoms with Crippen molar-refractivity contribution in [3.63, 3.8) is 0 Å². The van der Waals surface area contributed by atoms with Crippen molar-refractivity contribution in [1.82, 2.24) is 9.55 Å². The minimum atomic E-state index is -0.388. The number of nitrogens with one attached hydrogen (secondary N) is 1. The maximum Gasteiger partial charge on any atom is 0.294 e. The van der Waals surface area contributed by atoms with Gasteiger partial charge in [-0.25, -0.2) is 4.99 Å². The van der Waals surface area contributed by atoms with Crippen molar-refractivity contribution in [1.29, 1.82) is 0 Å². The number of H-pyrrole nitrogens is 1. The summed E-state index contributed by atoms with van der Waals surface area (Å²) in [4.78, 5) is 20.1. The molecule has 0 unspecified atom stereocenters. The van der Waals surface area contributed by atoms with Crippen molar-refractivity contribution in [3.05, 3.63) is 117 Å². The van der Waals surface area contributed by atoms with Crippen molar-refractivity contribution in [2.45, 2.75) is 13.0 Å². The summed E-state index contributed by atoms with van der Waals surface area (Å²) in [5.41, 5.74) is 4.73. The summed E-state index contributed by atoms with van der Waals surface area (Å²) in [5, 5.41) is 17.1. The van der Waals surface area contributed by atoms with Gasteiger partial charge in [0.15, 0.2) is 4.80 Å². The van der Waals surface area contributed by atoms with Crippen LogP contribution < -0.4 is 9.54 Å². The fourth-order valence-corrected chi connectivity index (χ4v) is 5.71. The molecule has 2 aromatic heterocycles. The summed E-state index contributed by atoms with van der Waals surface area (Å²) in [6.45, 7) is 0.667. The largest absolute Gasteiger partial charge is 0.497 e. The lowest BCUT2D eigenvalue weighted by atomic mass is 10.0. The molecule has 0 amide bonds. The van der Waals surface area contributed by atoms with Crippen LogP contribution >= 0.6 is 11.3 Å². The second-order valence-corrected chi connectivity index (χ2v) is 9.79. The Morgan fingerprint density at radius 2 is 1.79 bits per heavy atom. The van der Waals surface area contributed by atoms with Crippen LogP contribution in [0.3, 0.4) is 0 Å². The van der Waals surface area contributed by atoms with Crippen LogP contribution in [0.1, 0.15) is 5.56 Å². The number of para-hydroxylation sites is 3. The lowest BCUT2D eigenvalue weighted by Gasteiger charge is -2.11. The number of hydrogen-bond donors (Lipinski definition) is 1. The smallest absolute Gasteiger partial charge is 0.294 e. The van der Waals surface area contributed by atoms with Gasteiger partial charge in [-0.15, -0.1) is 11.3 Å². The van der Waals surface area contributed by atoms with E-state index in [0.717, 1.165) is 39.7 Å². The monoisotopic (exact) mass is 520 g/mol. The SMILES string of the molecule is COc1ccc2cc(-c3csc(=Nc4ccccc4[N+](=O)[O-])n3CCc3c[nH]c4ccccc34)ccc2c1. The van der Waals surface area contributed by atoms with E-state index in [2.05, 4.69) is 57.5 Å². The van der Waals surface area contributed by atoms with Gasteiger partial charge in [-0.3, -0.25) is 10.1 Å². The summed E-state index contributed by atoms with van der Waals surface area (Å²) in [6.07, 6.45) is 2.84. The molecule has 0 aliphatic heterocycles. The number of rotatable bonds is 7. The van der Waals surface area contributed by atoms with Gasteiger partial charge >= 0.3 is 0 Å². The van der Waals surface area contributed by atoms with Crippen molar-refractivity contribution >= 4 is 44.4 Å². The number of benzene rings is 4. The third-order valence-corrected chi connectivity index (χ3v) is 7.58. The van der Waals surface area contributed by atoms with Crippen LogP contribution in [0.4, 0.5) is 11.4 Å². The fraction of sp³-hybridized carbons (Fsp3) is 0.100. The molecule has 0 radical (unpaired) electrons.